The molecule has 0 saturated heterocycles. The fourth-order valence-electron chi connectivity index (χ4n) is 2.02. The lowest BCUT2D eigenvalue weighted by atomic mass is 10.3. The third-order valence-corrected chi connectivity index (χ3v) is 3.78. The first-order valence-electron chi connectivity index (χ1n) is 5.96. The third kappa shape index (κ3) is 1.81. The molecule has 3 heterocycles. The number of fused-ring (bicyclic) bond motifs is 1. The number of primary amides is 1. The van der Waals surface area contributed by atoms with E-state index in [1.165, 1.54) is 15.9 Å². The summed E-state index contributed by atoms with van der Waals surface area (Å²) in [5, 5.41) is 1.89. The molecule has 0 radical (unpaired) electrons. The molecule has 102 valence electrons. The van der Waals surface area contributed by atoms with Gasteiger partial charge in [-0.1, -0.05) is 6.07 Å². The lowest BCUT2D eigenvalue weighted by molar-refractivity contribution is 0.0997. The molecule has 3 rings (SSSR count). The highest BCUT2D eigenvalue weighted by atomic mass is 32.1. The Morgan fingerprint density at radius 2 is 2.30 bits per heavy atom. The van der Waals surface area contributed by atoms with Crippen LogP contribution in [0.25, 0.3) is 21.9 Å². The van der Waals surface area contributed by atoms with Crippen molar-refractivity contribution in [2.75, 3.05) is 0 Å². The molecule has 0 fully saturated rings. The molecular weight excluding hydrogens is 278 g/mol. The Bertz CT molecular complexity index is 847. The fraction of sp³-hybridized carbons (Fsp3) is 0.167. The van der Waals surface area contributed by atoms with Crippen molar-refractivity contribution in [3.63, 3.8) is 0 Å². The Kier molecular flexibility index (Phi) is 2.87. The largest absolute Gasteiger partial charge is 0.364 e. The maximum Gasteiger partial charge on any atom is 0.327 e. The number of hydrogen-bond donors (Lipinski definition) is 2. The lowest BCUT2D eigenvalue weighted by Gasteiger charge is -2.03. The summed E-state index contributed by atoms with van der Waals surface area (Å²) >= 11 is 1.45. The van der Waals surface area contributed by atoms with Crippen LogP contribution in [-0.4, -0.2) is 25.4 Å². The highest BCUT2D eigenvalue weighted by Gasteiger charge is 2.18. The zero-order chi connectivity index (χ0) is 14.3. The molecule has 0 saturated carbocycles. The summed E-state index contributed by atoms with van der Waals surface area (Å²) < 4.78 is 1.44. The molecule has 0 spiro atoms. The first-order chi connectivity index (χ1) is 9.61. The van der Waals surface area contributed by atoms with E-state index in [0.29, 0.717) is 18.0 Å². The fourth-order valence-corrected chi connectivity index (χ4v) is 2.68. The van der Waals surface area contributed by atoms with Gasteiger partial charge in [0.2, 0.25) is 0 Å². The predicted octanol–water partition coefficient (Wildman–Crippen LogP) is 0.967. The second-order valence-electron chi connectivity index (χ2n) is 4.11. The summed E-state index contributed by atoms with van der Waals surface area (Å²) in [4.78, 5) is 35.3. The van der Waals surface area contributed by atoms with Crippen LogP contribution in [0.2, 0.25) is 0 Å². The second kappa shape index (κ2) is 4.57. The maximum absolute atomic E-state index is 11.8. The quantitative estimate of drug-likeness (QED) is 0.749. The summed E-state index contributed by atoms with van der Waals surface area (Å²) in [6.45, 7) is 2.27. The van der Waals surface area contributed by atoms with Gasteiger partial charge in [-0.25, -0.2) is 14.8 Å². The normalized spacial score (nSPS) is 11.1. The number of nitrogens with one attached hydrogen (secondary N) is 1. The van der Waals surface area contributed by atoms with Crippen molar-refractivity contribution in [3.05, 3.63) is 33.7 Å². The van der Waals surface area contributed by atoms with E-state index >= 15 is 0 Å². The van der Waals surface area contributed by atoms with Gasteiger partial charge in [-0.2, -0.15) is 0 Å². The number of imidazole rings is 1. The van der Waals surface area contributed by atoms with Crippen LogP contribution in [0, 0.1) is 0 Å². The van der Waals surface area contributed by atoms with Gasteiger partial charge in [0.1, 0.15) is 5.52 Å². The second-order valence-corrected chi connectivity index (χ2v) is 5.06. The SMILES string of the molecule is CCn1c(=O)[nH]c2c(C(N)=O)nc(-c3cccs3)nc21. The molecule has 0 aliphatic heterocycles. The minimum absolute atomic E-state index is 0.0303. The molecule has 7 nitrogen and oxygen atoms in total. The topological polar surface area (TPSA) is 107 Å². The minimum atomic E-state index is -0.695. The van der Waals surface area contributed by atoms with Crippen LogP contribution in [0.5, 0.6) is 0 Å². The molecule has 0 aliphatic rings. The molecule has 1 amide bonds. The number of rotatable bonds is 3. The predicted molar refractivity (Wildman–Crippen MR) is 75.7 cm³/mol. The van der Waals surface area contributed by atoms with Crippen LogP contribution in [0.3, 0.4) is 0 Å². The number of nitrogens with zero attached hydrogens (tertiary/aromatic N) is 3. The zero-order valence-electron chi connectivity index (χ0n) is 10.6. The highest BCUT2D eigenvalue weighted by Crippen LogP contribution is 2.23. The van der Waals surface area contributed by atoms with Gasteiger partial charge in [-0.3, -0.25) is 9.36 Å². The number of H-pyrrole nitrogens is 1. The number of carbonyl (C=O) groups excluding carboxylic acids is 1. The molecule has 3 N–H and O–H groups in total. The van der Waals surface area contributed by atoms with Crippen molar-refractivity contribution in [1.82, 2.24) is 19.5 Å². The zero-order valence-corrected chi connectivity index (χ0v) is 11.4. The van der Waals surface area contributed by atoms with Crippen LogP contribution in [0.15, 0.2) is 22.3 Å². The third-order valence-electron chi connectivity index (χ3n) is 2.91. The van der Waals surface area contributed by atoms with E-state index in [4.69, 9.17) is 5.73 Å². The van der Waals surface area contributed by atoms with Gasteiger partial charge in [0, 0.05) is 6.54 Å². The van der Waals surface area contributed by atoms with E-state index in [1.54, 1.807) is 0 Å². The van der Waals surface area contributed by atoms with Crippen molar-refractivity contribution in [3.8, 4) is 10.7 Å². The summed E-state index contributed by atoms with van der Waals surface area (Å²) in [5.74, 6) is -0.304. The average Bonchev–Trinajstić information content (AvgIpc) is 3.03. The molecule has 3 aromatic rings. The Balaban J connectivity index is 2.40. The molecule has 0 aromatic carbocycles. The van der Waals surface area contributed by atoms with E-state index in [2.05, 4.69) is 15.0 Å². The van der Waals surface area contributed by atoms with Crippen LogP contribution in [0.4, 0.5) is 0 Å². The first kappa shape index (κ1) is 12.5. The highest BCUT2D eigenvalue weighted by molar-refractivity contribution is 7.13. The van der Waals surface area contributed by atoms with E-state index in [-0.39, 0.29) is 16.9 Å². The van der Waals surface area contributed by atoms with Crippen molar-refractivity contribution < 1.29 is 4.79 Å². The number of aromatic nitrogens is 4. The van der Waals surface area contributed by atoms with Crippen molar-refractivity contribution in [2.24, 2.45) is 5.73 Å². The molecule has 0 bridgehead atoms. The number of thiophene rings is 1. The lowest BCUT2D eigenvalue weighted by Crippen LogP contribution is -2.15. The van der Waals surface area contributed by atoms with Gasteiger partial charge >= 0.3 is 5.69 Å². The molecule has 8 heteroatoms. The van der Waals surface area contributed by atoms with Gasteiger partial charge in [0.15, 0.2) is 17.2 Å². The van der Waals surface area contributed by atoms with Crippen LogP contribution < -0.4 is 11.4 Å². The summed E-state index contributed by atoms with van der Waals surface area (Å²) in [5.41, 5.74) is 5.72. The van der Waals surface area contributed by atoms with E-state index in [9.17, 15) is 9.59 Å². The number of nitrogens with two attached hydrogens (primary N) is 1. The Labute approximate surface area is 117 Å². The molecule has 3 aromatic heterocycles. The Hall–Kier alpha value is -2.48. The molecular formula is C12H11N5O2S. The monoisotopic (exact) mass is 289 g/mol. The standard InChI is InChI=1S/C12H11N5O2S/c1-2-17-11-8(15-12(17)19)7(9(13)18)14-10(16-11)6-4-3-5-20-6/h3-5H,2H2,1H3,(H2,13,18)(H,15,19). The Morgan fingerprint density at radius 1 is 1.50 bits per heavy atom. The van der Waals surface area contributed by atoms with Crippen molar-refractivity contribution >= 4 is 28.4 Å². The average molecular weight is 289 g/mol. The molecule has 0 atom stereocenters. The molecule has 20 heavy (non-hydrogen) atoms. The van der Waals surface area contributed by atoms with Gasteiger partial charge < -0.3 is 10.7 Å². The van der Waals surface area contributed by atoms with Crippen molar-refractivity contribution in [1.29, 1.82) is 0 Å². The van der Waals surface area contributed by atoms with Crippen LogP contribution >= 0.6 is 11.3 Å². The number of aryl methyl sites for hydroxylation is 1. The van der Waals surface area contributed by atoms with E-state index in [1.807, 2.05) is 24.4 Å². The molecule has 0 aliphatic carbocycles. The van der Waals surface area contributed by atoms with E-state index in [0.717, 1.165) is 4.88 Å². The van der Waals surface area contributed by atoms with Crippen LogP contribution in [-0.2, 0) is 6.54 Å². The van der Waals surface area contributed by atoms with Crippen LogP contribution in [0.1, 0.15) is 17.4 Å². The minimum Gasteiger partial charge on any atom is -0.364 e. The number of amides is 1. The summed E-state index contributed by atoms with van der Waals surface area (Å²) in [7, 11) is 0. The van der Waals surface area contributed by atoms with E-state index < -0.39 is 5.91 Å². The number of carbonyl (C=O) groups is 1. The smallest absolute Gasteiger partial charge is 0.327 e. The van der Waals surface area contributed by atoms with Gasteiger partial charge in [-0.05, 0) is 18.4 Å². The summed E-state index contributed by atoms with van der Waals surface area (Å²) in [6.07, 6.45) is 0. The van der Waals surface area contributed by atoms with Gasteiger partial charge in [0.25, 0.3) is 5.91 Å². The Morgan fingerprint density at radius 3 is 2.90 bits per heavy atom. The molecule has 0 unspecified atom stereocenters. The van der Waals surface area contributed by atoms with Gasteiger partial charge in [0.05, 0.1) is 4.88 Å². The summed E-state index contributed by atoms with van der Waals surface area (Å²) in [6, 6.07) is 3.71. The van der Waals surface area contributed by atoms with Gasteiger partial charge in [-0.15, -0.1) is 11.3 Å². The number of aromatic amines is 1. The maximum atomic E-state index is 11.8. The number of hydrogen-bond acceptors (Lipinski definition) is 5. The first-order valence-corrected chi connectivity index (χ1v) is 6.84. The van der Waals surface area contributed by atoms with Crippen molar-refractivity contribution in [2.45, 2.75) is 13.5 Å².